The maximum Gasteiger partial charge on any atom is 0.167 e. The van der Waals surface area contributed by atoms with E-state index in [9.17, 15) is 4.79 Å². The van der Waals surface area contributed by atoms with Crippen LogP contribution in [-0.4, -0.2) is 5.78 Å². The van der Waals surface area contributed by atoms with Crippen LogP contribution in [-0.2, 0) is 0 Å². The molecule has 1 fully saturated rings. The average molecular weight is 377 g/mol. The third kappa shape index (κ3) is 3.27. The topological polar surface area (TPSA) is 17.1 Å². The molecule has 0 saturated heterocycles. The summed E-state index contributed by atoms with van der Waals surface area (Å²) in [5.41, 5.74) is 0.800. The lowest BCUT2D eigenvalue weighted by molar-refractivity contribution is 0.0835. The summed E-state index contributed by atoms with van der Waals surface area (Å²) in [6.45, 7) is 4.50. The summed E-state index contributed by atoms with van der Waals surface area (Å²) in [4.78, 5) is 12.6. The van der Waals surface area contributed by atoms with Gasteiger partial charge < -0.3 is 0 Å². The Bertz CT molecular complexity index is 448. The number of carbonyl (C=O) groups excluding carboxylic acids is 1. The van der Waals surface area contributed by atoms with E-state index >= 15 is 0 Å². The van der Waals surface area contributed by atoms with E-state index in [4.69, 9.17) is 11.6 Å². The fourth-order valence-corrected chi connectivity index (χ4v) is 3.84. The van der Waals surface area contributed by atoms with Crippen molar-refractivity contribution in [3.8, 4) is 0 Å². The summed E-state index contributed by atoms with van der Waals surface area (Å²) < 4.78 is 1.01. The van der Waals surface area contributed by atoms with Crippen molar-refractivity contribution in [3.05, 3.63) is 32.4 Å². The normalized spacial score (nSPS) is 28.1. The molecule has 1 nitrogen and oxygen atoms in total. The molecular formula is C15H18ClIO. The van der Waals surface area contributed by atoms with Gasteiger partial charge in [-0.25, -0.2) is 0 Å². The van der Waals surface area contributed by atoms with Gasteiger partial charge in [-0.1, -0.05) is 25.4 Å². The second-order valence-corrected chi connectivity index (χ2v) is 7.20. The van der Waals surface area contributed by atoms with Gasteiger partial charge in [-0.3, -0.25) is 4.79 Å². The molecule has 1 saturated carbocycles. The van der Waals surface area contributed by atoms with Gasteiger partial charge in [-0.2, -0.15) is 0 Å². The Morgan fingerprint density at radius 2 is 1.83 bits per heavy atom. The minimum absolute atomic E-state index is 0.177. The number of ketones is 1. The van der Waals surface area contributed by atoms with Crippen LogP contribution in [0.1, 0.15) is 43.5 Å². The maximum atomic E-state index is 12.6. The van der Waals surface area contributed by atoms with Crippen molar-refractivity contribution in [2.24, 2.45) is 17.8 Å². The molecule has 98 valence electrons. The average Bonchev–Trinajstić information content (AvgIpc) is 2.30. The molecule has 1 aliphatic carbocycles. The van der Waals surface area contributed by atoms with E-state index in [0.717, 1.165) is 22.0 Å². The van der Waals surface area contributed by atoms with E-state index in [1.807, 2.05) is 18.2 Å². The monoisotopic (exact) mass is 376 g/mol. The van der Waals surface area contributed by atoms with Crippen LogP contribution in [0.4, 0.5) is 0 Å². The molecule has 1 aromatic carbocycles. The number of benzene rings is 1. The zero-order chi connectivity index (χ0) is 13.3. The Hall–Kier alpha value is -0.0900. The zero-order valence-electron chi connectivity index (χ0n) is 10.7. The van der Waals surface area contributed by atoms with Crippen LogP contribution >= 0.6 is 34.2 Å². The van der Waals surface area contributed by atoms with Crippen LogP contribution in [0.25, 0.3) is 0 Å². The highest BCUT2D eigenvalue weighted by molar-refractivity contribution is 14.1. The number of halogens is 2. The number of Topliss-reactive ketones (excluding diaryl/α,β-unsaturated/α-hetero) is 1. The van der Waals surface area contributed by atoms with Crippen LogP contribution in [0.3, 0.4) is 0 Å². The second-order valence-electron chi connectivity index (χ2n) is 5.60. The first-order chi connectivity index (χ1) is 8.47. The van der Waals surface area contributed by atoms with Gasteiger partial charge in [0, 0.05) is 20.1 Å². The molecule has 0 amide bonds. The van der Waals surface area contributed by atoms with Gasteiger partial charge in [0.15, 0.2) is 5.78 Å². The smallest absolute Gasteiger partial charge is 0.167 e. The minimum atomic E-state index is 0.177. The highest BCUT2D eigenvalue weighted by Gasteiger charge is 2.30. The van der Waals surface area contributed by atoms with Crippen LogP contribution in [0.2, 0.25) is 5.02 Å². The molecule has 0 spiro atoms. The molecule has 0 heterocycles. The zero-order valence-corrected chi connectivity index (χ0v) is 13.7. The predicted octanol–water partition coefficient (Wildman–Crippen LogP) is 5.20. The maximum absolute atomic E-state index is 12.6. The van der Waals surface area contributed by atoms with Crippen LogP contribution in [0, 0.1) is 21.3 Å². The summed E-state index contributed by atoms with van der Waals surface area (Å²) in [5.74, 6) is 1.76. The lowest BCUT2D eigenvalue weighted by atomic mass is 9.74. The fraction of sp³-hybridized carbons (Fsp3) is 0.533. The van der Waals surface area contributed by atoms with Crippen molar-refractivity contribution < 1.29 is 4.79 Å². The number of hydrogen-bond donors (Lipinski definition) is 0. The third-order valence-corrected chi connectivity index (χ3v) is 4.92. The third-order valence-electron chi connectivity index (χ3n) is 3.74. The molecule has 0 aromatic heterocycles. The largest absolute Gasteiger partial charge is 0.294 e. The van der Waals surface area contributed by atoms with Crippen LogP contribution < -0.4 is 0 Å². The van der Waals surface area contributed by atoms with Crippen LogP contribution in [0.15, 0.2) is 18.2 Å². The summed E-state index contributed by atoms with van der Waals surface area (Å²) in [5, 5.41) is 0.649. The lowest BCUT2D eigenvalue weighted by Crippen LogP contribution is -2.26. The number of rotatable bonds is 2. The molecule has 18 heavy (non-hydrogen) atoms. The van der Waals surface area contributed by atoms with Crippen LogP contribution in [0.5, 0.6) is 0 Å². The highest BCUT2D eigenvalue weighted by atomic mass is 127. The van der Waals surface area contributed by atoms with Crippen molar-refractivity contribution in [2.45, 2.75) is 33.1 Å². The number of carbonyl (C=O) groups is 1. The Balaban J connectivity index is 2.22. The Kier molecular flexibility index (Phi) is 4.70. The fourth-order valence-electron chi connectivity index (χ4n) is 3.07. The van der Waals surface area contributed by atoms with Gasteiger partial charge in [-0.05, 0) is 71.9 Å². The van der Waals surface area contributed by atoms with E-state index in [-0.39, 0.29) is 11.7 Å². The van der Waals surface area contributed by atoms with Gasteiger partial charge in [0.2, 0.25) is 0 Å². The molecule has 1 aliphatic rings. The van der Waals surface area contributed by atoms with E-state index in [1.165, 1.54) is 6.42 Å². The predicted molar refractivity (Wildman–Crippen MR) is 84.2 cm³/mol. The molecule has 2 atom stereocenters. The van der Waals surface area contributed by atoms with Gasteiger partial charge in [0.1, 0.15) is 0 Å². The molecule has 0 bridgehead atoms. The van der Waals surface area contributed by atoms with Gasteiger partial charge in [0.05, 0.1) is 0 Å². The van der Waals surface area contributed by atoms with Crippen molar-refractivity contribution in [1.29, 1.82) is 0 Å². The second kappa shape index (κ2) is 5.91. The Morgan fingerprint density at radius 3 is 2.44 bits per heavy atom. The van der Waals surface area contributed by atoms with Crippen molar-refractivity contribution in [1.82, 2.24) is 0 Å². The number of hydrogen-bond acceptors (Lipinski definition) is 1. The van der Waals surface area contributed by atoms with Crippen molar-refractivity contribution >= 4 is 40.0 Å². The van der Waals surface area contributed by atoms with E-state index < -0.39 is 0 Å². The summed E-state index contributed by atoms with van der Waals surface area (Å²) in [7, 11) is 0. The summed E-state index contributed by atoms with van der Waals surface area (Å²) in [6, 6.07) is 5.58. The quantitative estimate of drug-likeness (QED) is 0.512. The van der Waals surface area contributed by atoms with Crippen molar-refractivity contribution in [2.75, 3.05) is 0 Å². The Morgan fingerprint density at radius 1 is 1.22 bits per heavy atom. The van der Waals surface area contributed by atoms with Gasteiger partial charge in [-0.15, -0.1) is 0 Å². The molecule has 2 unspecified atom stereocenters. The Labute approximate surface area is 127 Å². The minimum Gasteiger partial charge on any atom is -0.294 e. The SMILES string of the molecule is CC1CC(C)CC(C(=O)c2cc(Cl)ccc2I)C1. The molecule has 3 heteroatoms. The first kappa shape index (κ1) is 14.3. The first-order valence-electron chi connectivity index (χ1n) is 6.46. The highest BCUT2D eigenvalue weighted by Crippen LogP contribution is 2.35. The van der Waals surface area contributed by atoms with E-state index in [1.54, 1.807) is 0 Å². The summed E-state index contributed by atoms with van der Waals surface area (Å²) in [6.07, 6.45) is 3.29. The molecule has 0 N–H and O–H groups in total. The lowest BCUT2D eigenvalue weighted by Gasteiger charge is -2.30. The summed E-state index contributed by atoms with van der Waals surface area (Å²) >= 11 is 8.22. The molecular weight excluding hydrogens is 359 g/mol. The van der Waals surface area contributed by atoms with Gasteiger partial charge >= 0.3 is 0 Å². The molecule has 1 aromatic rings. The standard InChI is InChI=1S/C15H18ClIO/c1-9-5-10(2)7-11(6-9)15(18)13-8-12(16)3-4-14(13)17/h3-4,8-11H,5-7H2,1-2H3. The van der Waals surface area contributed by atoms with Crippen molar-refractivity contribution in [3.63, 3.8) is 0 Å². The molecule has 2 rings (SSSR count). The van der Waals surface area contributed by atoms with Gasteiger partial charge in [0.25, 0.3) is 0 Å². The van der Waals surface area contributed by atoms with E-state index in [0.29, 0.717) is 16.9 Å². The first-order valence-corrected chi connectivity index (χ1v) is 7.92. The molecule has 0 aliphatic heterocycles. The van der Waals surface area contributed by atoms with E-state index in [2.05, 4.69) is 36.4 Å². The molecule has 0 radical (unpaired) electrons.